The summed E-state index contributed by atoms with van der Waals surface area (Å²) >= 11 is 0. The maximum absolute atomic E-state index is 14.3. The highest BCUT2D eigenvalue weighted by Gasteiger charge is 2.35. The molecule has 0 aromatic heterocycles. The first-order valence-corrected chi connectivity index (χ1v) is 19.0. The summed E-state index contributed by atoms with van der Waals surface area (Å²) in [5.74, 6) is -3.08. The lowest BCUT2D eigenvalue weighted by Gasteiger charge is -2.32. The normalized spacial score (nSPS) is 20.1. The summed E-state index contributed by atoms with van der Waals surface area (Å²) in [6.45, 7) is 11.7. The fourth-order valence-electron chi connectivity index (χ4n) is 6.42. The molecule has 1 fully saturated rings. The van der Waals surface area contributed by atoms with E-state index in [9.17, 15) is 29.1 Å². The maximum Gasteiger partial charge on any atom is 0.245 e. The second-order valence-corrected chi connectivity index (χ2v) is 14.3. The van der Waals surface area contributed by atoms with Gasteiger partial charge < -0.3 is 48.1 Å². The molecule has 2 aromatic rings. The van der Waals surface area contributed by atoms with E-state index < -0.39 is 60.2 Å². The number of aromatic hydroxyl groups is 1. The number of hydrogen-bond acceptors (Lipinski definition) is 8. The summed E-state index contributed by atoms with van der Waals surface area (Å²) in [6, 6.07) is 6.21. The number of benzene rings is 2. The summed E-state index contributed by atoms with van der Waals surface area (Å²) in [5.41, 5.74) is 14.8. The van der Waals surface area contributed by atoms with Gasteiger partial charge in [0.15, 0.2) is 5.96 Å². The first kappa shape index (κ1) is 44.7. The SMILES string of the molecule is C=Cc1ccc(CC2NC(=O)C(CCCN=C(N)N)NC(=O)C(CCCNC(C)C)N(C)C(=O)C(Cc3ccc(O)c(C)c3)NC(=O)CNC2=O)cc1/C=C\C. The van der Waals surface area contributed by atoms with Crippen molar-refractivity contribution >= 4 is 47.6 Å². The van der Waals surface area contributed by atoms with Crippen LogP contribution in [-0.2, 0) is 36.8 Å². The molecule has 5 amide bonds. The summed E-state index contributed by atoms with van der Waals surface area (Å²) in [7, 11) is 1.49. The van der Waals surface area contributed by atoms with Crippen LogP contribution in [0.25, 0.3) is 12.2 Å². The topological polar surface area (TPSA) is 233 Å². The van der Waals surface area contributed by atoms with Gasteiger partial charge in [-0.1, -0.05) is 69.0 Å². The van der Waals surface area contributed by atoms with Gasteiger partial charge in [0.2, 0.25) is 29.5 Å². The van der Waals surface area contributed by atoms with Gasteiger partial charge in [-0.15, -0.1) is 0 Å². The Morgan fingerprint density at radius 2 is 1.61 bits per heavy atom. The average molecular weight is 774 g/mol. The second kappa shape index (κ2) is 22.0. The highest BCUT2D eigenvalue weighted by Crippen LogP contribution is 2.20. The lowest BCUT2D eigenvalue weighted by molar-refractivity contribution is -0.142. The molecule has 0 saturated carbocycles. The molecule has 1 saturated heterocycles. The molecule has 1 heterocycles. The number of allylic oxidation sites excluding steroid dienone is 1. The number of amides is 5. The Morgan fingerprint density at radius 3 is 2.27 bits per heavy atom. The molecule has 10 N–H and O–H groups in total. The Balaban J connectivity index is 2.08. The van der Waals surface area contributed by atoms with E-state index in [0.29, 0.717) is 30.5 Å². The number of aryl methyl sites for hydroxylation is 1. The van der Waals surface area contributed by atoms with Gasteiger partial charge in [-0.2, -0.15) is 0 Å². The second-order valence-electron chi connectivity index (χ2n) is 14.3. The molecule has 3 rings (SSSR count). The zero-order valence-electron chi connectivity index (χ0n) is 33.2. The number of nitrogens with two attached hydrogens (primary N) is 2. The number of phenolic OH excluding ortho intramolecular Hbond substituents is 1. The molecule has 2 aromatic carbocycles. The molecule has 56 heavy (non-hydrogen) atoms. The molecule has 4 atom stereocenters. The van der Waals surface area contributed by atoms with E-state index in [1.54, 1.807) is 25.1 Å². The largest absolute Gasteiger partial charge is 0.508 e. The van der Waals surface area contributed by atoms with Crippen LogP contribution >= 0.6 is 0 Å². The van der Waals surface area contributed by atoms with Gasteiger partial charge in [-0.3, -0.25) is 29.0 Å². The van der Waals surface area contributed by atoms with Crippen molar-refractivity contribution in [3.8, 4) is 5.75 Å². The Morgan fingerprint density at radius 1 is 0.929 bits per heavy atom. The number of phenols is 1. The summed E-state index contributed by atoms with van der Waals surface area (Å²) in [4.78, 5) is 75.2. The van der Waals surface area contributed by atoms with E-state index in [-0.39, 0.29) is 50.0 Å². The molecule has 0 aliphatic carbocycles. The van der Waals surface area contributed by atoms with Gasteiger partial charge in [0.1, 0.15) is 29.9 Å². The Kier molecular flexibility index (Phi) is 17.6. The molecule has 0 radical (unpaired) electrons. The van der Waals surface area contributed by atoms with E-state index in [2.05, 4.69) is 38.2 Å². The average Bonchev–Trinajstić information content (AvgIpc) is 3.15. The van der Waals surface area contributed by atoms with Crippen LogP contribution in [0.1, 0.15) is 74.3 Å². The van der Waals surface area contributed by atoms with Gasteiger partial charge in [-0.25, -0.2) is 0 Å². The van der Waals surface area contributed by atoms with Crippen LogP contribution in [-0.4, -0.2) is 102 Å². The molecule has 4 unspecified atom stereocenters. The van der Waals surface area contributed by atoms with Crippen LogP contribution in [0, 0.1) is 6.92 Å². The number of nitrogens with one attached hydrogen (secondary N) is 5. The van der Waals surface area contributed by atoms with Crippen molar-refractivity contribution in [3.63, 3.8) is 0 Å². The van der Waals surface area contributed by atoms with Crippen LogP contribution in [0.3, 0.4) is 0 Å². The predicted molar refractivity (Wildman–Crippen MR) is 219 cm³/mol. The van der Waals surface area contributed by atoms with Gasteiger partial charge in [0.05, 0.1) is 6.54 Å². The van der Waals surface area contributed by atoms with Gasteiger partial charge in [0, 0.05) is 32.5 Å². The van der Waals surface area contributed by atoms with Crippen LogP contribution in [0.15, 0.2) is 54.0 Å². The lowest BCUT2D eigenvalue weighted by Crippen LogP contribution is -2.58. The van der Waals surface area contributed by atoms with Crippen LogP contribution in [0.2, 0.25) is 0 Å². The zero-order valence-corrected chi connectivity index (χ0v) is 33.2. The number of rotatable bonds is 15. The molecular weight excluding hydrogens is 715 g/mol. The molecular formula is C41H59N9O6. The highest BCUT2D eigenvalue weighted by atomic mass is 16.3. The molecule has 304 valence electrons. The van der Waals surface area contributed by atoms with Crippen LogP contribution < -0.4 is 38.1 Å². The van der Waals surface area contributed by atoms with Crippen molar-refractivity contribution in [2.75, 3.05) is 26.7 Å². The van der Waals surface area contributed by atoms with E-state index in [0.717, 1.165) is 16.7 Å². The third-order valence-corrected chi connectivity index (χ3v) is 9.45. The Bertz CT molecular complexity index is 1770. The molecule has 0 bridgehead atoms. The molecule has 15 heteroatoms. The van der Waals surface area contributed by atoms with Gasteiger partial charge in [-0.05, 0) is 80.0 Å². The first-order chi connectivity index (χ1) is 26.6. The van der Waals surface area contributed by atoms with Crippen molar-refractivity contribution in [3.05, 3.63) is 76.9 Å². The number of carbonyl (C=O) groups is 5. The van der Waals surface area contributed by atoms with Gasteiger partial charge in [0.25, 0.3) is 0 Å². The molecule has 0 spiro atoms. The lowest BCUT2D eigenvalue weighted by atomic mass is 9.98. The van der Waals surface area contributed by atoms with Crippen molar-refractivity contribution < 1.29 is 29.1 Å². The van der Waals surface area contributed by atoms with Crippen molar-refractivity contribution in [1.29, 1.82) is 0 Å². The van der Waals surface area contributed by atoms with Crippen LogP contribution in [0.4, 0.5) is 0 Å². The fraction of sp³-hybridized carbons (Fsp3) is 0.463. The fourth-order valence-corrected chi connectivity index (χ4v) is 6.42. The predicted octanol–water partition coefficient (Wildman–Crippen LogP) is 1.40. The number of hydrogen-bond donors (Lipinski definition) is 8. The third-order valence-electron chi connectivity index (χ3n) is 9.45. The van der Waals surface area contributed by atoms with E-state index in [4.69, 9.17) is 11.5 Å². The Labute approximate surface area is 329 Å². The summed E-state index contributed by atoms with van der Waals surface area (Å²) in [5, 5.41) is 24.5. The number of aliphatic imine (C=N–C) groups is 1. The quantitative estimate of drug-likeness (QED) is 0.0742. The number of nitrogens with zero attached hydrogens (tertiary/aromatic N) is 2. The minimum absolute atomic E-state index is 0.0402. The maximum atomic E-state index is 14.3. The smallest absolute Gasteiger partial charge is 0.245 e. The molecule has 1 aliphatic heterocycles. The number of carbonyl (C=O) groups excluding carboxylic acids is 5. The van der Waals surface area contributed by atoms with Gasteiger partial charge >= 0.3 is 0 Å². The zero-order chi connectivity index (χ0) is 41.4. The standard InChI is InChI=1S/C41H59N9O6/c1-7-11-30-21-28(14-16-29(30)8-2)22-32-37(53)46-24-36(52)47-33(23-27-15-17-35(51)26(5)20-27)40(56)50(6)34(13-10-18-44-25(3)4)39(55)48-31(38(54)49-32)12-9-19-45-41(42)43/h7-8,11,14-17,20-21,25,31-34,44,51H,2,9-10,12-13,18-19,22-24H2,1,3-6H3,(H,46,53)(H,47,52)(H,48,55)(H,49,54)(H4,42,43,45)/b11-7-. The van der Waals surface area contributed by atoms with Crippen LogP contribution in [0.5, 0.6) is 5.75 Å². The van der Waals surface area contributed by atoms with Crippen molar-refractivity contribution in [1.82, 2.24) is 31.5 Å². The first-order valence-electron chi connectivity index (χ1n) is 19.0. The molecule has 1 aliphatic rings. The molecule has 15 nitrogen and oxygen atoms in total. The number of guanidine groups is 1. The van der Waals surface area contributed by atoms with E-state index >= 15 is 0 Å². The minimum atomic E-state index is -1.15. The van der Waals surface area contributed by atoms with Crippen molar-refractivity contribution in [2.45, 2.75) is 96.4 Å². The monoisotopic (exact) mass is 773 g/mol. The van der Waals surface area contributed by atoms with E-state index in [1.807, 2.05) is 51.1 Å². The highest BCUT2D eigenvalue weighted by molar-refractivity contribution is 5.97. The Hall–Kier alpha value is -5.70. The summed E-state index contributed by atoms with van der Waals surface area (Å²) < 4.78 is 0. The minimum Gasteiger partial charge on any atom is -0.508 e. The number of likely N-dealkylation sites (N-methyl/N-ethyl adjacent to an activating group) is 1. The van der Waals surface area contributed by atoms with E-state index in [1.165, 1.54) is 18.0 Å². The van der Waals surface area contributed by atoms with Crippen molar-refractivity contribution in [2.24, 2.45) is 16.5 Å². The summed E-state index contributed by atoms with van der Waals surface area (Å²) in [6.07, 6.45) is 6.80. The third kappa shape index (κ3) is 13.9.